The Morgan fingerprint density at radius 1 is 1.00 bits per heavy atom. The van der Waals surface area contributed by atoms with Gasteiger partial charge in [0.1, 0.15) is 0 Å². The van der Waals surface area contributed by atoms with E-state index < -0.39 is 11.7 Å². The number of rotatable bonds is 2. The monoisotopic (exact) mass is 370 g/mol. The average molecular weight is 370 g/mol. The molecule has 1 aliphatic rings. The van der Waals surface area contributed by atoms with Crippen molar-refractivity contribution in [1.82, 2.24) is 14.7 Å². The first-order valence-electron chi connectivity index (χ1n) is 8.77. The predicted molar refractivity (Wildman–Crippen MR) is 95.2 cm³/mol. The largest absolute Gasteiger partial charge is 0.416 e. The summed E-state index contributed by atoms with van der Waals surface area (Å²) in [6.45, 7) is 1.39. The number of nitriles is 1. The molecule has 0 N–H and O–H groups in total. The highest BCUT2D eigenvalue weighted by Gasteiger charge is 2.30. The first-order chi connectivity index (χ1) is 13.0. The summed E-state index contributed by atoms with van der Waals surface area (Å²) in [5, 5.41) is 14.8. The molecule has 0 aliphatic carbocycles. The minimum atomic E-state index is -4.36. The summed E-state index contributed by atoms with van der Waals surface area (Å²) in [4.78, 5) is 1.74. The molecule has 0 saturated carbocycles. The molecule has 2 aromatic carbocycles. The van der Waals surface area contributed by atoms with E-state index in [0.29, 0.717) is 18.8 Å². The van der Waals surface area contributed by atoms with Gasteiger partial charge in [0, 0.05) is 24.4 Å². The summed E-state index contributed by atoms with van der Waals surface area (Å²) in [7, 11) is 0. The van der Waals surface area contributed by atoms with Gasteiger partial charge >= 0.3 is 6.18 Å². The number of halogens is 3. The number of para-hydroxylation sites is 1. The van der Waals surface area contributed by atoms with Crippen molar-refractivity contribution in [2.75, 3.05) is 13.1 Å². The molecule has 2 heterocycles. The molecule has 1 aromatic heterocycles. The maximum atomic E-state index is 12.8. The summed E-state index contributed by atoms with van der Waals surface area (Å²) < 4.78 is 40.2. The molecule has 27 heavy (non-hydrogen) atoms. The minimum Gasteiger partial charge on any atom is -0.311 e. The Bertz CT molecular complexity index is 991. The van der Waals surface area contributed by atoms with Crippen LogP contribution in [0, 0.1) is 11.5 Å². The molecular weight excluding hydrogens is 353 g/mol. The average Bonchev–Trinajstić information content (AvgIpc) is 3.07. The molecular formula is C20H17F3N4. The van der Waals surface area contributed by atoms with E-state index in [0.717, 1.165) is 41.6 Å². The second-order valence-electron chi connectivity index (χ2n) is 6.72. The molecule has 0 bridgehead atoms. The number of nitrogens with zero attached hydrogens (tertiary/aromatic N) is 4. The molecule has 1 saturated heterocycles. The van der Waals surface area contributed by atoms with Crippen LogP contribution in [0.15, 0.2) is 48.5 Å². The van der Waals surface area contributed by atoms with E-state index in [1.807, 2.05) is 24.3 Å². The molecule has 0 spiro atoms. The van der Waals surface area contributed by atoms with Crippen molar-refractivity contribution >= 4 is 10.9 Å². The Hall–Kier alpha value is -3.01. The zero-order valence-corrected chi connectivity index (χ0v) is 14.4. The van der Waals surface area contributed by atoms with Crippen LogP contribution in [-0.2, 0) is 6.18 Å². The topological polar surface area (TPSA) is 44.9 Å². The quantitative estimate of drug-likeness (QED) is 0.614. The highest BCUT2D eigenvalue weighted by molar-refractivity contribution is 5.84. The van der Waals surface area contributed by atoms with Gasteiger partial charge in [-0.15, -0.1) is 0 Å². The van der Waals surface area contributed by atoms with Gasteiger partial charge in [-0.05, 0) is 43.2 Å². The lowest BCUT2D eigenvalue weighted by molar-refractivity contribution is -0.137. The highest BCUT2D eigenvalue weighted by Crippen LogP contribution is 2.34. The van der Waals surface area contributed by atoms with Crippen LogP contribution in [0.25, 0.3) is 16.6 Å². The maximum Gasteiger partial charge on any atom is 0.416 e. The molecule has 4 nitrogen and oxygen atoms in total. The van der Waals surface area contributed by atoms with E-state index in [9.17, 15) is 13.2 Å². The predicted octanol–water partition coefficient (Wildman–Crippen LogP) is 4.70. The summed E-state index contributed by atoms with van der Waals surface area (Å²) in [5.74, 6) is 0.232. The number of hydrogen-bond donors (Lipinski definition) is 0. The van der Waals surface area contributed by atoms with Gasteiger partial charge in [-0.3, -0.25) is 0 Å². The molecule has 1 aliphatic heterocycles. The lowest BCUT2D eigenvalue weighted by Crippen LogP contribution is -2.29. The number of benzene rings is 2. The summed E-state index contributed by atoms with van der Waals surface area (Å²) in [6.07, 6.45) is -0.509. The third kappa shape index (κ3) is 3.23. The van der Waals surface area contributed by atoms with Crippen molar-refractivity contribution in [3.63, 3.8) is 0 Å². The number of fused-ring (bicyclic) bond motifs is 1. The number of piperidine rings is 1. The third-order valence-electron chi connectivity index (χ3n) is 5.08. The number of alkyl halides is 3. The Kier molecular flexibility index (Phi) is 4.27. The smallest absolute Gasteiger partial charge is 0.311 e. The third-order valence-corrected chi connectivity index (χ3v) is 5.08. The molecule has 0 unspecified atom stereocenters. The number of aromatic nitrogens is 2. The minimum absolute atomic E-state index is 0.232. The van der Waals surface area contributed by atoms with Gasteiger partial charge in [0.15, 0.2) is 6.19 Å². The van der Waals surface area contributed by atoms with Gasteiger partial charge < -0.3 is 4.90 Å². The zero-order valence-electron chi connectivity index (χ0n) is 14.4. The highest BCUT2D eigenvalue weighted by atomic mass is 19.4. The Morgan fingerprint density at radius 3 is 2.30 bits per heavy atom. The van der Waals surface area contributed by atoms with Crippen LogP contribution < -0.4 is 0 Å². The van der Waals surface area contributed by atoms with Gasteiger partial charge in [0.05, 0.1) is 22.5 Å². The molecule has 0 amide bonds. The summed E-state index contributed by atoms with van der Waals surface area (Å²) >= 11 is 0. The van der Waals surface area contributed by atoms with E-state index in [4.69, 9.17) is 10.4 Å². The first kappa shape index (κ1) is 17.4. The van der Waals surface area contributed by atoms with E-state index in [1.54, 1.807) is 9.58 Å². The molecule has 138 valence electrons. The van der Waals surface area contributed by atoms with E-state index >= 15 is 0 Å². The Morgan fingerprint density at radius 2 is 1.67 bits per heavy atom. The van der Waals surface area contributed by atoms with Crippen LogP contribution in [0.4, 0.5) is 13.2 Å². The molecule has 4 rings (SSSR count). The molecule has 3 aromatic rings. The molecule has 0 atom stereocenters. The standard InChI is InChI=1S/C20H17F3N4/c21-20(22,23)15-5-7-16(8-6-15)27-18-4-2-1-3-17(18)19(25-27)14-9-11-26(13-24)12-10-14/h1-8,14H,9-12H2. The van der Waals surface area contributed by atoms with Crippen molar-refractivity contribution in [1.29, 1.82) is 5.26 Å². The Balaban J connectivity index is 1.73. The van der Waals surface area contributed by atoms with Crippen molar-refractivity contribution in [3.8, 4) is 11.9 Å². The molecule has 7 heteroatoms. The summed E-state index contributed by atoms with van der Waals surface area (Å²) in [6, 6.07) is 12.8. The zero-order chi connectivity index (χ0) is 19.0. The van der Waals surface area contributed by atoms with Gasteiger partial charge in [-0.25, -0.2) is 4.68 Å². The number of likely N-dealkylation sites (tertiary alicyclic amines) is 1. The van der Waals surface area contributed by atoms with Crippen LogP contribution in [0.5, 0.6) is 0 Å². The van der Waals surface area contributed by atoms with Gasteiger partial charge in [0.2, 0.25) is 0 Å². The molecule has 1 fully saturated rings. The fourth-order valence-corrected chi connectivity index (χ4v) is 3.63. The van der Waals surface area contributed by atoms with Gasteiger partial charge in [-0.2, -0.15) is 23.5 Å². The lowest BCUT2D eigenvalue weighted by Gasteiger charge is -2.27. The van der Waals surface area contributed by atoms with Crippen LogP contribution in [-0.4, -0.2) is 27.8 Å². The van der Waals surface area contributed by atoms with Crippen LogP contribution >= 0.6 is 0 Å². The van der Waals surface area contributed by atoms with E-state index in [2.05, 4.69) is 6.19 Å². The second kappa shape index (κ2) is 6.62. The fraction of sp³-hybridized carbons (Fsp3) is 0.300. The van der Waals surface area contributed by atoms with Gasteiger partial charge in [0.25, 0.3) is 0 Å². The van der Waals surface area contributed by atoms with E-state index in [-0.39, 0.29) is 5.92 Å². The number of hydrogen-bond acceptors (Lipinski definition) is 3. The fourth-order valence-electron chi connectivity index (χ4n) is 3.63. The van der Waals surface area contributed by atoms with Crippen LogP contribution in [0.1, 0.15) is 30.0 Å². The van der Waals surface area contributed by atoms with E-state index in [1.165, 1.54) is 12.1 Å². The lowest BCUT2D eigenvalue weighted by atomic mass is 9.92. The van der Waals surface area contributed by atoms with Crippen LogP contribution in [0.2, 0.25) is 0 Å². The maximum absolute atomic E-state index is 12.8. The van der Waals surface area contributed by atoms with Crippen molar-refractivity contribution in [3.05, 3.63) is 59.8 Å². The SMILES string of the molecule is N#CN1CCC(c2nn(-c3ccc(C(F)(F)F)cc3)c3ccccc23)CC1. The van der Waals surface area contributed by atoms with Gasteiger partial charge in [-0.1, -0.05) is 18.2 Å². The second-order valence-corrected chi connectivity index (χ2v) is 6.72. The first-order valence-corrected chi connectivity index (χ1v) is 8.77. The molecule has 0 radical (unpaired) electrons. The van der Waals surface area contributed by atoms with Crippen LogP contribution in [0.3, 0.4) is 0 Å². The van der Waals surface area contributed by atoms with Crippen molar-refractivity contribution in [2.24, 2.45) is 0 Å². The van der Waals surface area contributed by atoms with Crippen molar-refractivity contribution in [2.45, 2.75) is 24.9 Å². The summed E-state index contributed by atoms with van der Waals surface area (Å²) in [5.41, 5.74) is 1.74. The van der Waals surface area contributed by atoms with Crippen molar-refractivity contribution < 1.29 is 13.2 Å². The Labute approximate surface area is 154 Å². The normalized spacial score (nSPS) is 15.9.